The average molecular weight is 282 g/mol. The van der Waals surface area contributed by atoms with Gasteiger partial charge in [-0.2, -0.15) is 5.10 Å². The molecule has 0 aromatic carbocycles. The van der Waals surface area contributed by atoms with Gasteiger partial charge in [-0.25, -0.2) is 0 Å². The van der Waals surface area contributed by atoms with E-state index in [-0.39, 0.29) is 5.60 Å². The van der Waals surface area contributed by atoms with Crippen LogP contribution < -0.4 is 0 Å². The molecule has 0 aliphatic carbocycles. The molecule has 0 unspecified atom stereocenters. The zero-order chi connectivity index (χ0) is 13.9. The molecule has 0 saturated heterocycles. The van der Waals surface area contributed by atoms with Crippen LogP contribution in [0.5, 0.6) is 0 Å². The zero-order valence-electron chi connectivity index (χ0n) is 11.6. The predicted molar refractivity (Wildman–Crippen MR) is 76.4 cm³/mol. The molecule has 2 heterocycles. The Labute approximate surface area is 116 Å². The van der Waals surface area contributed by atoms with Crippen molar-refractivity contribution in [3.63, 3.8) is 0 Å². The number of hydrogen-bond acceptors (Lipinski definition) is 6. The van der Waals surface area contributed by atoms with Crippen LogP contribution in [0.15, 0.2) is 22.7 Å². The Bertz CT molecular complexity index is 508. The van der Waals surface area contributed by atoms with E-state index >= 15 is 0 Å². The van der Waals surface area contributed by atoms with Crippen LogP contribution in [0.1, 0.15) is 25.8 Å². The van der Waals surface area contributed by atoms with Gasteiger partial charge in [0, 0.05) is 31.0 Å². The average Bonchev–Trinajstić information content (AvgIpc) is 2.91. The van der Waals surface area contributed by atoms with E-state index in [0.29, 0.717) is 5.75 Å². The monoisotopic (exact) mass is 282 g/mol. The van der Waals surface area contributed by atoms with Gasteiger partial charge in [0.1, 0.15) is 23.5 Å². The highest BCUT2D eigenvalue weighted by Crippen LogP contribution is 2.27. The molecule has 7 heteroatoms. The second-order valence-electron chi connectivity index (χ2n) is 4.92. The van der Waals surface area contributed by atoms with Crippen molar-refractivity contribution in [2.24, 2.45) is 17.4 Å². The lowest BCUT2D eigenvalue weighted by atomic mass is 10.1. The van der Waals surface area contributed by atoms with Gasteiger partial charge in [0.15, 0.2) is 0 Å². The summed E-state index contributed by atoms with van der Waals surface area (Å²) in [6.45, 7) is 4.05. The molecule has 0 atom stereocenters. The lowest BCUT2D eigenvalue weighted by molar-refractivity contribution is 0.0123. The summed E-state index contributed by atoms with van der Waals surface area (Å²) in [4.78, 5) is 10.2. The highest BCUT2D eigenvalue weighted by molar-refractivity contribution is 8.14. The van der Waals surface area contributed by atoms with Crippen LogP contribution in [0.2, 0.25) is 0 Å². The molecule has 0 amide bonds. The van der Waals surface area contributed by atoms with Crippen LogP contribution in [0, 0.1) is 0 Å². The maximum atomic E-state index is 5.33. The first kappa shape index (κ1) is 13.9. The molecule has 0 saturated carbocycles. The van der Waals surface area contributed by atoms with E-state index in [2.05, 4.69) is 15.4 Å². The van der Waals surface area contributed by atoms with E-state index in [0.717, 1.165) is 22.7 Å². The van der Waals surface area contributed by atoms with Gasteiger partial charge in [-0.15, -0.1) is 11.8 Å². The van der Waals surface area contributed by atoms with Gasteiger partial charge in [0.2, 0.25) is 0 Å². The summed E-state index contributed by atoms with van der Waals surface area (Å²) in [5.41, 5.74) is 1.60. The number of nitrogens with zero attached hydrogens (tertiary/aromatic N) is 4. The fourth-order valence-corrected chi connectivity index (χ4v) is 2.74. The quantitative estimate of drug-likeness (QED) is 0.626. The molecule has 1 aromatic heterocycles. The molecule has 2 rings (SSSR count). The van der Waals surface area contributed by atoms with Crippen molar-refractivity contribution in [1.29, 1.82) is 0 Å². The lowest BCUT2D eigenvalue weighted by Gasteiger charge is -2.13. The summed E-state index contributed by atoms with van der Waals surface area (Å²) in [5, 5.41) is 13.3. The largest absolute Gasteiger partial charge is 0.399 e. The number of aromatic nitrogens is 2. The summed E-state index contributed by atoms with van der Waals surface area (Å²) in [5.74, 6) is 0.678. The number of thioether (sulfide) groups is 1. The van der Waals surface area contributed by atoms with E-state index in [1.807, 2.05) is 27.1 Å². The molecule has 6 nitrogen and oxygen atoms in total. The van der Waals surface area contributed by atoms with Gasteiger partial charge in [0.05, 0.1) is 6.20 Å². The Morgan fingerprint density at radius 2 is 2.42 bits per heavy atom. The minimum absolute atomic E-state index is 0.199. The standard InChI is InChI=1S/C12H18N4O2S/c1-12(2)5-11(15-18-12)19-8-10(14-17-4)9-6-13-16(3)7-9/h6-7H,5,8H2,1-4H3. The molecule has 0 N–H and O–H groups in total. The summed E-state index contributed by atoms with van der Waals surface area (Å²) >= 11 is 1.62. The predicted octanol–water partition coefficient (Wildman–Crippen LogP) is 2.02. The molecule has 1 aliphatic rings. The number of rotatable bonds is 4. The maximum Gasteiger partial charge on any atom is 0.138 e. The smallest absolute Gasteiger partial charge is 0.138 e. The first-order chi connectivity index (χ1) is 9.00. The minimum atomic E-state index is -0.199. The van der Waals surface area contributed by atoms with Gasteiger partial charge in [-0.05, 0) is 13.8 Å². The fourth-order valence-electron chi connectivity index (χ4n) is 1.68. The van der Waals surface area contributed by atoms with Crippen LogP contribution >= 0.6 is 11.8 Å². The first-order valence-electron chi connectivity index (χ1n) is 5.97. The summed E-state index contributed by atoms with van der Waals surface area (Å²) in [6.07, 6.45) is 4.51. The molecule has 0 bridgehead atoms. The van der Waals surface area contributed by atoms with Crippen LogP contribution in [-0.4, -0.2) is 39.0 Å². The Hall–Kier alpha value is -1.50. The van der Waals surface area contributed by atoms with Gasteiger partial charge in [-0.1, -0.05) is 10.3 Å². The van der Waals surface area contributed by atoms with Gasteiger partial charge >= 0.3 is 0 Å². The van der Waals surface area contributed by atoms with Crippen LogP contribution in [0.3, 0.4) is 0 Å². The van der Waals surface area contributed by atoms with E-state index < -0.39 is 0 Å². The van der Waals surface area contributed by atoms with E-state index in [1.54, 1.807) is 29.8 Å². The Balaban J connectivity index is 1.98. The fraction of sp³-hybridized carbons (Fsp3) is 0.583. The van der Waals surface area contributed by atoms with Crippen molar-refractivity contribution in [2.45, 2.75) is 25.9 Å². The Kier molecular flexibility index (Phi) is 4.14. The molecular weight excluding hydrogens is 264 g/mol. The van der Waals surface area contributed by atoms with Crippen molar-refractivity contribution >= 4 is 22.5 Å². The SMILES string of the molecule is CON=C(CSC1=NOC(C)(C)C1)c1cnn(C)c1. The second kappa shape index (κ2) is 5.64. The molecule has 0 fully saturated rings. The summed E-state index contributed by atoms with van der Waals surface area (Å²) in [6, 6.07) is 0. The normalized spacial score (nSPS) is 18.1. The van der Waals surface area contributed by atoms with Crippen molar-refractivity contribution < 1.29 is 9.68 Å². The van der Waals surface area contributed by atoms with Crippen molar-refractivity contribution in [3.8, 4) is 0 Å². The lowest BCUT2D eigenvalue weighted by Crippen LogP contribution is -2.18. The van der Waals surface area contributed by atoms with Crippen molar-refractivity contribution in [2.75, 3.05) is 12.9 Å². The van der Waals surface area contributed by atoms with Crippen LogP contribution in [-0.2, 0) is 16.7 Å². The summed E-state index contributed by atoms with van der Waals surface area (Å²) < 4.78 is 1.74. The minimum Gasteiger partial charge on any atom is -0.399 e. The molecule has 0 spiro atoms. The zero-order valence-corrected chi connectivity index (χ0v) is 12.4. The van der Waals surface area contributed by atoms with Crippen LogP contribution in [0.25, 0.3) is 0 Å². The van der Waals surface area contributed by atoms with Gasteiger partial charge in [-0.3, -0.25) is 4.68 Å². The molecule has 1 aromatic rings. The van der Waals surface area contributed by atoms with Gasteiger partial charge in [0.25, 0.3) is 0 Å². The highest BCUT2D eigenvalue weighted by atomic mass is 32.2. The Morgan fingerprint density at radius 3 is 2.95 bits per heavy atom. The molecule has 104 valence electrons. The van der Waals surface area contributed by atoms with Crippen LogP contribution in [0.4, 0.5) is 0 Å². The third-order valence-corrected chi connectivity index (χ3v) is 3.56. The summed E-state index contributed by atoms with van der Waals surface area (Å²) in [7, 11) is 3.42. The molecule has 1 aliphatic heterocycles. The highest BCUT2D eigenvalue weighted by Gasteiger charge is 2.29. The second-order valence-corrected chi connectivity index (χ2v) is 5.97. The molecular formula is C12H18N4O2S. The number of oxime groups is 2. The van der Waals surface area contributed by atoms with E-state index in [4.69, 9.17) is 9.68 Å². The Morgan fingerprint density at radius 1 is 1.63 bits per heavy atom. The first-order valence-corrected chi connectivity index (χ1v) is 6.95. The number of aryl methyl sites for hydroxylation is 1. The van der Waals surface area contributed by atoms with Crippen molar-refractivity contribution in [3.05, 3.63) is 18.0 Å². The molecule has 19 heavy (non-hydrogen) atoms. The van der Waals surface area contributed by atoms with E-state index in [9.17, 15) is 0 Å². The maximum absolute atomic E-state index is 5.33. The molecule has 0 radical (unpaired) electrons. The van der Waals surface area contributed by atoms with E-state index in [1.165, 1.54) is 0 Å². The number of hydrogen-bond donors (Lipinski definition) is 0. The third kappa shape index (κ3) is 3.73. The topological polar surface area (TPSA) is 61.0 Å². The van der Waals surface area contributed by atoms with Crippen molar-refractivity contribution in [1.82, 2.24) is 9.78 Å². The van der Waals surface area contributed by atoms with Gasteiger partial charge < -0.3 is 9.68 Å². The third-order valence-electron chi connectivity index (χ3n) is 2.59.